The highest BCUT2D eigenvalue weighted by Gasteiger charge is 2.47. The zero-order valence-electron chi connectivity index (χ0n) is 17.7. The quantitative estimate of drug-likeness (QED) is 0.740. The number of aliphatic hydroxyl groups is 1. The minimum absolute atomic E-state index is 0.0661. The van der Waals surface area contributed by atoms with Gasteiger partial charge >= 0.3 is 0 Å². The molecule has 0 aromatic heterocycles. The first kappa shape index (κ1) is 21.1. The van der Waals surface area contributed by atoms with Crippen molar-refractivity contribution in [2.75, 3.05) is 7.11 Å². The summed E-state index contributed by atoms with van der Waals surface area (Å²) >= 11 is 0. The first-order valence-electron chi connectivity index (χ1n) is 9.67. The Labute approximate surface area is 171 Å². The molecule has 0 atom stereocenters. The lowest BCUT2D eigenvalue weighted by atomic mass is 9.81. The molecule has 2 aromatic carbocycles. The van der Waals surface area contributed by atoms with Crippen molar-refractivity contribution in [3.8, 4) is 16.9 Å². The number of carbonyl (C=O) groups excluding carboxylic acids is 1. The zero-order chi connectivity index (χ0) is 21.6. The second-order valence-corrected chi connectivity index (χ2v) is 8.25. The maximum absolute atomic E-state index is 13.6. The molecule has 0 saturated heterocycles. The molecular formula is C24H27FO4. The molecule has 0 radical (unpaired) electrons. The summed E-state index contributed by atoms with van der Waals surface area (Å²) in [5.74, 6) is -0.253. The molecule has 29 heavy (non-hydrogen) atoms. The Morgan fingerprint density at radius 3 is 2.31 bits per heavy atom. The van der Waals surface area contributed by atoms with Crippen LogP contribution < -0.4 is 4.74 Å². The van der Waals surface area contributed by atoms with Gasteiger partial charge in [-0.3, -0.25) is 4.79 Å². The zero-order valence-corrected chi connectivity index (χ0v) is 17.7. The summed E-state index contributed by atoms with van der Waals surface area (Å²) in [7, 11) is 1.50. The van der Waals surface area contributed by atoms with Crippen molar-refractivity contribution in [2.45, 2.75) is 52.2 Å². The molecular weight excluding hydrogens is 371 g/mol. The van der Waals surface area contributed by atoms with Crippen molar-refractivity contribution in [1.29, 1.82) is 0 Å². The van der Waals surface area contributed by atoms with Gasteiger partial charge in [0.25, 0.3) is 0 Å². The van der Waals surface area contributed by atoms with E-state index in [0.29, 0.717) is 23.3 Å². The van der Waals surface area contributed by atoms with E-state index in [9.17, 15) is 14.3 Å². The number of ether oxygens (including phenoxy) is 2. The topological polar surface area (TPSA) is 55.8 Å². The number of rotatable bonds is 4. The van der Waals surface area contributed by atoms with Crippen LogP contribution in [0.2, 0.25) is 0 Å². The van der Waals surface area contributed by atoms with Gasteiger partial charge in [-0.25, -0.2) is 4.39 Å². The molecule has 5 heteroatoms. The molecule has 4 nitrogen and oxygen atoms in total. The van der Waals surface area contributed by atoms with E-state index in [1.807, 2.05) is 25.1 Å². The van der Waals surface area contributed by atoms with E-state index in [-0.39, 0.29) is 17.4 Å². The van der Waals surface area contributed by atoms with E-state index in [1.165, 1.54) is 19.2 Å². The van der Waals surface area contributed by atoms with Crippen molar-refractivity contribution in [3.63, 3.8) is 0 Å². The predicted molar refractivity (Wildman–Crippen MR) is 112 cm³/mol. The number of ketones is 1. The Kier molecular flexibility index (Phi) is 5.30. The molecule has 154 valence electrons. The third kappa shape index (κ3) is 3.67. The molecule has 1 N–H and O–H groups in total. The highest BCUT2D eigenvalue weighted by Crippen LogP contribution is 2.42. The van der Waals surface area contributed by atoms with Crippen LogP contribution in [-0.4, -0.2) is 29.2 Å². The van der Waals surface area contributed by atoms with Crippen LogP contribution in [-0.2, 0) is 16.0 Å². The van der Waals surface area contributed by atoms with Gasteiger partial charge in [-0.15, -0.1) is 0 Å². The van der Waals surface area contributed by atoms with Crippen molar-refractivity contribution in [2.24, 2.45) is 0 Å². The van der Waals surface area contributed by atoms with Crippen LogP contribution in [0.25, 0.3) is 16.7 Å². The Morgan fingerprint density at radius 1 is 1.03 bits per heavy atom. The summed E-state index contributed by atoms with van der Waals surface area (Å²) in [6.07, 6.45) is 0.651. The molecule has 0 unspecified atom stereocenters. The molecule has 1 aliphatic rings. The number of Topliss-reactive ketones (excluding diaryl/α,β-unsaturated/α-hetero) is 1. The fraction of sp³-hybridized carbons (Fsp3) is 0.375. The largest absolute Gasteiger partial charge is 0.508 e. The number of aliphatic hydroxyl groups excluding tert-OH is 1. The van der Waals surface area contributed by atoms with Gasteiger partial charge in [0.05, 0.1) is 12.7 Å². The third-order valence-corrected chi connectivity index (χ3v) is 5.32. The number of hydrogen-bond donors (Lipinski definition) is 1. The van der Waals surface area contributed by atoms with Crippen LogP contribution in [0.3, 0.4) is 0 Å². The van der Waals surface area contributed by atoms with E-state index in [0.717, 1.165) is 16.7 Å². The molecule has 0 bridgehead atoms. The predicted octanol–water partition coefficient (Wildman–Crippen LogP) is 5.49. The van der Waals surface area contributed by atoms with Gasteiger partial charge in [0.15, 0.2) is 5.78 Å². The summed E-state index contributed by atoms with van der Waals surface area (Å²) in [4.78, 5) is 13.1. The van der Waals surface area contributed by atoms with Gasteiger partial charge in [-0.2, -0.15) is 0 Å². The monoisotopic (exact) mass is 398 g/mol. The smallest absolute Gasteiger partial charge is 0.198 e. The SMILES string of the molecule is CCc1cc(-c2ccc(F)cc2OC)ccc1C1=C(O)C(C)(C)OC(C)(C)C1=O. The molecule has 0 saturated carbocycles. The van der Waals surface area contributed by atoms with E-state index < -0.39 is 11.2 Å². The van der Waals surface area contributed by atoms with Crippen molar-refractivity contribution in [1.82, 2.24) is 0 Å². The van der Waals surface area contributed by atoms with E-state index in [2.05, 4.69) is 0 Å². The minimum Gasteiger partial charge on any atom is -0.508 e. The molecule has 0 aliphatic carbocycles. The van der Waals surface area contributed by atoms with Crippen LogP contribution >= 0.6 is 0 Å². The number of carbonyl (C=O) groups is 1. The molecule has 0 fully saturated rings. The lowest BCUT2D eigenvalue weighted by molar-refractivity contribution is -0.158. The first-order chi connectivity index (χ1) is 13.5. The van der Waals surface area contributed by atoms with Crippen LogP contribution in [0.1, 0.15) is 45.7 Å². The summed E-state index contributed by atoms with van der Waals surface area (Å²) in [6, 6.07) is 10.0. The van der Waals surface area contributed by atoms with Crippen molar-refractivity contribution in [3.05, 3.63) is 59.1 Å². The lowest BCUT2D eigenvalue weighted by Crippen LogP contribution is -2.49. The van der Waals surface area contributed by atoms with Crippen molar-refractivity contribution >= 4 is 11.4 Å². The average molecular weight is 398 g/mol. The highest BCUT2D eigenvalue weighted by molar-refractivity contribution is 6.26. The minimum atomic E-state index is -1.05. The van der Waals surface area contributed by atoms with Crippen LogP contribution in [0.5, 0.6) is 5.75 Å². The van der Waals surface area contributed by atoms with Gasteiger partial charge in [0.2, 0.25) is 0 Å². The fourth-order valence-electron chi connectivity index (χ4n) is 3.89. The number of aryl methyl sites for hydroxylation is 1. The van der Waals surface area contributed by atoms with Crippen LogP contribution in [0.15, 0.2) is 42.2 Å². The normalized spacial score (nSPS) is 18.1. The summed E-state index contributed by atoms with van der Waals surface area (Å²) in [5.41, 5.74) is 1.46. The summed E-state index contributed by atoms with van der Waals surface area (Å²) < 4.78 is 24.7. The number of benzene rings is 2. The summed E-state index contributed by atoms with van der Waals surface area (Å²) in [6.45, 7) is 8.92. The third-order valence-electron chi connectivity index (χ3n) is 5.32. The van der Waals surface area contributed by atoms with Gasteiger partial charge in [0.1, 0.15) is 28.5 Å². The van der Waals surface area contributed by atoms with Crippen LogP contribution in [0.4, 0.5) is 4.39 Å². The lowest BCUT2D eigenvalue weighted by Gasteiger charge is -2.40. The second kappa shape index (κ2) is 7.30. The number of methoxy groups -OCH3 is 1. The summed E-state index contributed by atoms with van der Waals surface area (Å²) in [5, 5.41) is 10.8. The van der Waals surface area contributed by atoms with E-state index >= 15 is 0 Å². The maximum atomic E-state index is 13.6. The molecule has 2 aromatic rings. The van der Waals surface area contributed by atoms with E-state index in [4.69, 9.17) is 9.47 Å². The van der Waals surface area contributed by atoms with Gasteiger partial charge < -0.3 is 14.6 Å². The maximum Gasteiger partial charge on any atom is 0.198 e. The van der Waals surface area contributed by atoms with Gasteiger partial charge in [0, 0.05) is 11.6 Å². The van der Waals surface area contributed by atoms with Gasteiger partial charge in [-0.05, 0) is 62.9 Å². The van der Waals surface area contributed by atoms with Crippen molar-refractivity contribution < 1.29 is 23.8 Å². The number of halogens is 1. The molecule has 0 spiro atoms. The van der Waals surface area contributed by atoms with Crippen LogP contribution in [0, 0.1) is 5.82 Å². The highest BCUT2D eigenvalue weighted by atomic mass is 19.1. The molecule has 3 rings (SSSR count). The standard InChI is InChI=1S/C24H27FO4/c1-7-14-12-15(17-11-9-16(25)13-19(17)28-6)8-10-18(14)20-21(26)23(2,3)29-24(4,5)22(20)27/h8-13,26H,7H2,1-6H3. The molecule has 0 amide bonds. The first-order valence-corrected chi connectivity index (χ1v) is 9.67. The Balaban J connectivity index is 2.19. The fourth-order valence-corrected chi connectivity index (χ4v) is 3.89. The molecule has 1 aliphatic heterocycles. The number of hydrogen-bond acceptors (Lipinski definition) is 4. The molecule has 1 heterocycles. The Morgan fingerprint density at radius 2 is 1.69 bits per heavy atom. The Bertz CT molecular complexity index is 1000. The Hall–Kier alpha value is -2.66. The van der Waals surface area contributed by atoms with Gasteiger partial charge in [-0.1, -0.05) is 25.1 Å². The second-order valence-electron chi connectivity index (χ2n) is 8.25. The average Bonchev–Trinajstić information content (AvgIpc) is 2.66. The van der Waals surface area contributed by atoms with E-state index in [1.54, 1.807) is 33.8 Å².